The van der Waals surface area contributed by atoms with Crippen molar-refractivity contribution in [1.29, 1.82) is 0 Å². The van der Waals surface area contributed by atoms with Gasteiger partial charge < -0.3 is 18.6 Å². The zero-order chi connectivity index (χ0) is 24.2. The van der Waals surface area contributed by atoms with Gasteiger partial charge in [0.15, 0.2) is 20.0 Å². The summed E-state index contributed by atoms with van der Waals surface area (Å²) in [5.74, 6) is 0.284. The minimum Gasteiger partial charge on any atom is -0.421 e. The van der Waals surface area contributed by atoms with E-state index in [4.69, 9.17) is 5.11 Å². The highest BCUT2D eigenvalue weighted by Gasteiger charge is 2.46. The first-order valence-electron chi connectivity index (χ1n) is 8.26. The lowest BCUT2D eigenvalue weighted by atomic mass is 10.2. The summed E-state index contributed by atoms with van der Waals surface area (Å²) in [6, 6.07) is 0.395. The lowest BCUT2D eigenvalue weighted by molar-refractivity contribution is -0.890. The number of hydrogen-bond acceptors (Lipinski definition) is 6. The Morgan fingerprint density at radius 3 is 1.77 bits per heavy atom. The van der Waals surface area contributed by atoms with Crippen LogP contribution in [0.4, 0.5) is 26.3 Å². The SMILES string of the molecule is CC1CCC(=O)N1CC[N+](C)(C)CCO.O=S(=O)([N-]S(=O)(=O)C(F)(F)F)C(F)(F)F. The van der Waals surface area contributed by atoms with Crippen LogP contribution in [-0.2, 0) is 24.8 Å². The zero-order valence-corrected chi connectivity index (χ0v) is 17.9. The van der Waals surface area contributed by atoms with Crippen molar-refractivity contribution < 1.29 is 57.6 Å². The number of hydrogen-bond donors (Lipinski definition) is 1. The highest BCUT2D eigenvalue weighted by atomic mass is 32.3. The molecule has 30 heavy (non-hydrogen) atoms. The Kier molecular flexibility index (Phi) is 9.58. The van der Waals surface area contributed by atoms with Crippen LogP contribution in [0.15, 0.2) is 0 Å². The molecule has 180 valence electrons. The summed E-state index contributed by atoms with van der Waals surface area (Å²) in [4.78, 5) is 13.5. The van der Waals surface area contributed by atoms with Gasteiger partial charge in [0.25, 0.3) is 0 Å². The normalized spacial score (nSPS) is 18.9. The predicted octanol–water partition coefficient (Wildman–Crippen LogP) is 1.13. The van der Waals surface area contributed by atoms with E-state index >= 15 is 0 Å². The van der Waals surface area contributed by atoms with Crippen molar-refractivity contribution in [3.63, 3.8) is 0 Å². The van der Waals surface area contributed by atoms with E-state index in [2.05, 4.69) is 21.0 Å². The molecule has 0 bridgehead atoms. The summed E-state index contributed by atoms with van der Waals surface area (Å²) in [5.41, 5.74) is -12.4. The number of likely N-dealkylation sites (N-methyl/N-ethyl adjacent to an activating group) is 1. The van der Waals surface area contributed by atoms with Gasteiger partial charge in [-0.25, -0.2) is 16.8 Å². The number of halogens is 6. The molecule has 1 saturated heterocycles. The molecule has 1 amide bonds. The first-order chi connectivity index (χ1) is 13.2. The molecular formula is C13H23F6N3O6S2. The molecule has 1 rings (SSSR count). The summed E-state index contributed by atoms with van der Waals surface area (Å²) >= 11 is 0. The minimum atomic E-state index is -6.72. The zero-order valence-electron chi connectivity index (χ0n) is 16.2. The van der Waals surface area contributed by atoms with Crippen molar-refractivity contribution in [2.75, 3.05) is 40.3 Å². The van der Waals surface area contributed by atoms with E-state index in [1.165, 1.54) is 0 Å². The third-order valence-corrected chi connectivity index (χ3v) is 6.80. The first-order valence-corrected chi connectivity index (χ1v) is 11.1. The number of aliphatic hydroxyl groups is 1. The molecule has 1 heterocycles. The highest BCUT2D eigenvalue weighted by Crippen LogP contribution is 2.36. The minimum absolute atomic E-state index is 0.205. The third-order valence-electron chi connectivity index (χ3n) is 4.06. The van der Waals surface area contributed by atoms with Gasteiger partial charge in [-0.15, -0.1) is 0 Å². The van der Waals surface area contributed by atoms with E-state index in [0.29, 0.717) is 12.5 Å². The third kappa shape index (κ3) is 8.52. The molecule has 0 aliphatic carbocycles. The maximum Gasteiger partial charge on any atom is 0.480 e. The molecule has 1 aliphatic heterocycles. The van der Waals surface area contributed by atoms with Crippen molar-refractivity contribution in [3.8, 4) is 0 Å². The summed E-state index contributed by atoms with van der Waals surface area (Å²) in [6.45, 7) is 4.79. The van der Waals surface area contributed by atoms with E-state index in [9.17, 15) is 48.0 Å². The van der Waals surface area contributed by atoms with Gasteiger partial charge in [0.1, 0.15) is 6.54 Å². The number of carbonyl (C=O) groups is 1. The fourth-order valence-corrected chi connectivity index (χ4v) is 3.91. The molecule has 17 heteroatoms. The van der Waals surface area contributed by atoms with Crippen molar-refractivity contribution in [1.82, 2.24) is 4.90 Å². The molecule has 1 atom stereocenters. The fourth-order valence-electron chi connectivity index (χ4n) is 2.20. The van der Waals surface area contributed by atoms with Gasteiger partial charge >= 0.3 is 11.0 Å². The van der Waals surface area contributed by atoms with Gasteiger partial charge in [0, 0.05) is 12.5 Å². The molecule has 0 aromatic rings. The van der Waals surface area contributed by atoms with Gasteiger partial charge in [0.05, 0.1) is 33.8 Å². The number of carbonyl (C=O) groups excluding carboxylic acids is 1. The Labute approximate surface area is 170 Å². The molecule has 0 radical (unpaired) electrons. The lowest BCUT2D eigenvalue weighted by Gasteiger charge is -2.32. The van der Waals surface area contributed by atoms with E-state index in [0.717, 1.165) is 34.7 Å². The standard InChI is InChI=1S/C11H23N2O2.C2F6NO4S2/c1-10-4-5-11(15)12(10)6-7-13(2,3)8-9-14;3-1(4,5)14(10,11)9-15(12,13)2(6,7)8/h10,14H,4-9H2,1-3H3;/q+1;-1. The number of rotatable bonds is 7. The predicted molar refractivity (Wildman–Crippen MR) is 92.6 cm³/mol. The van der Waals surface area contributed by atoms with Crippen LogP contribution >= 0.6 is 0 Å². The number of alkyl halides is 6. The number of quaternary nitrogens is 1. The van der Waals surface area contributed by atoms with E-state index in [-0.39, 0.29) is 12.5 Å². The maximum absolute atomic E-state index is 11.5. The van der Waals surface area contributed by atoms with E-state index < -0.39 is 31.1 Å². The molecule has 0 spiro atoms. The highest BCUT2D eigenvalue weighted by molar-refractivity contribution is 8.13. The van der Waals surface area contributed by atoms with Crippen molar-refractivity contribution in [3.05, 3.63) is 4.13 Å². The van der Waals surface area contributed by atoms with E-state index in [1.807, 2.05) is 4.90 Å². The molecule has 1 aliphatic rings. The fraction of sp³-hybridized carbons (Fsp3) is 0.923. The molecule has 9 nitrogen and oxygen atoms in total. The lowest BCUT2D eigenvalue weighted by Crippen LogP contribution is -2.48. The van der Waals surface area contributed by atoms with Crippen LogP contribution in [0, 0.1) is 0 Å². The number of amides is 1. The number of aliphatic hydroxyl groups excluding tert-OH is 1. The van der Waals surface area contributed by atoms with Crippen LogP contribution in [0.2, 0.25) is 0 Å². The molecule has 0 aromatic carbocycles. The molecule has 1 unspecified atom stereocenters. The summed E-state index contributed by atoms with van der Waals surface area (Å²) in [6.07, 6.45) is 1.70. The molecule has 0 saturated carbocycles. The molecule has 1 fully saturated rings. The smallest absolute Gasteiger partial charge is 0.421 e. The number of nitrogens with zero attached hydrogens (tertiary/aromatic N) is 3. The Morgan fingerprint density at radius 1 is 1.03 bits per heavy atom. The topological polar surface area (TPSA) is 123 Å². The van der Waals surface area contributed by atoms with Gasteiger partial charge in [-0.1, -0.05) is 0 Å². The van der Waals surface area contributed by atoms with Crippen molar-refractivity contribution in [2.45, 2.75) is 36.8 Å². The quantitative estimate of drug-likeness (QED) is 0.417. The average Bonchev–Trinajstić information content (AvgIpc) is 2.81. The summed E-state index contributed by atoms with van der Waals surface area (Å²) in [5, 5.41) is 8.90. The maximum atomic E-state index is 11.5. The van der Waals surface area contributed by atoms with Crippen LogP contribution in [0.3, 0.4) is 0 Å². The van der Waals surface area contributed by atoms with E-state index in [1.54, 1.807) is 0 Å². The number of sulfonamides is 2. The van der Waals surface area contributed by atoms with Crippen molar-refractivity contribution in [2.24, 2.45) is 0 Å². The van der Waals surface area contributed by atoms with Crippen molar-refractivity contribution >= 4 is 26.0 Å². The number of likely N-dealkylation sites (tertiary alicyclic amines) is 1. The van der Waals surface area contributed by atoms with Crippen LogP contribution in [0.5, 0.6) is 0 Å². The Hall–Kier alpha value is -1.17. The van der Waals surface area contributed by atoms with Gasteiger partial charge in [-0.3, -0.25) is 4.79 Å². The Morgan fingerprint density at radius 2 is 1.47 bits per heavy atom. The van der Waals surface area contributed by atoms with Crippen LogP contribution < -0.4 is 0 Å². The largest absolute Gasteiger partial charge is 0.480 e. The molecule has 0 aromatic heterocycles. The Balaban J connectivity index is 0.000000561. The summed E-state index contributed by atoms with van der Waals surface area (Å²) in [7, 11) is -9.27. The molecular weight excluding hydrogens is 472 g/mol. The summed E-state index contributed by atoms with van der Waals surface area (Å²) < 4.78 is 110. The Bertz CT molecular complexity index is 753. The van der Waals surface area contributed by atoms with Gasteiger partial charge in [-0.05, 0) is 13.3 Å². The first kappa shape index (κ1) is 28.8. The van der Waals surface area contributed by atoms with Crippen LogP contribution in [0.25, 0.3) is 4.13 Å². The van der Waals surface area contributed by atoms with Gasteiger partial charge in [-0.2, -0.15) is 26.3 Å². The second-order valence-corrected chi connectivity index (χ2v) is 10.4. The average molecular weight is 495 g/mol. The van der Waals surface area contributed by atoms with Crippen LogP contribution in [0.1, 0.15) is 19.8 Å². The monoisotopic (exact) mass is 495 g/mol. The second kappa shape index (κ2) is 9.97. The van der Waals surface area contributed by atoms with Crippen LogP contribution in [-0.4, -0.2) is 94.6 Å². The second-order valence-electron chi connectivity index (χ2n) is 7.00. The van der Waals surface area contributed by atoms with Gasteiger partial charge in [0.2, 0.25) is 5.91 Å². The molecule has 1 N–H and O–H groups in total.